The number of halogens is 1. The molecule has 104 valence electrons. The van der Waals surface area contributed by atoms with Gasteiger partial charge in [-0.25, -0.2) is 9.37 Å². The Bertz CT molecular complexity index is 477. The SMILES string of the molecule is CC(C)CNC(=O)CNC(=O)c1ccnc(N)c1F. The summed E-state index contributed by atoms with van der Waals surface area (Å²) in [6.45, 7) is 4.21. The summed E-state index contributed by atoms with van der Waals surface area (Å²) in [5.41, 5.74) is 5.02. The van der Waals surface area contributed by atoms with E-state index in [1.807, 2.05) is 13.8 Å². The molecular formula is C12H17FN4O2. The van der Waals surface area contributed by atoms with Crippen molar-refractivity contribution in [3.8, 4) is 0 Å². The normalized spacial score (nSPS) is 10.3. The molecule has 1 rings (SSSR count). The molecule has 0 fully saturated rings. The Hall–Kier alpha value is -2.18. The summed E-state index contributed by atoms with van der Waals surface area (Å²) in [4.78, 5) is 26.5. The van der Waals surface area contributed by atoms with E-state index in [0.29, 0.717) is 12.5 Å². The number of nitrogens with two attached hydrogens (primary N) is 1. The zero-order valence-corrected chi connectivity index (χ0v) is 10.9. The van der Waals surface area contributed by atoms with Crippen LogP contribution < -0.4 is 16.4 Å². The maximum absolute atomic E-state index is 13.5. The fraction of sp³-hybridized carbons (Fsp3) is 0.417. The van der Waals surface area contributed by atoms with Gasteiger partial charge in [-0.05, 0) is 12.0 Å². The van der Waals surface area contributed by atoms with E-state index in [9.17, 15) is 14.0 Å². The highest BCUT2D eigenvalue weighted by Gasteiger charge is 2.15. The lowest BCUT2D eigenvalue weighted by molar-refractivity contribution is -0.120. The Balaban J connectivity index is 2.52. The minimum absolute atomic E-state index is 0.215. The second-order valence-electron chi connectivity index (χ2n) is 4.44. The molecule has 0 aliphatic carbocycles. The van der Waals surface area contributed by atoms with Gasteiger partial charge in [-0.2, -0.15) is 0 Å². The number of amides is 2. The first-order chi connectivity index (χ1) is 8.91. The number of pyridine rings is 1. The van der Waals surface area contributed by atoms with Gasteiger partial charge in [0.1, 0.15) is 0 Å². The molecule has 1 aromatic rings. The molecule has 19 heavy (non-hydrogen) atoms. The number of rotatable bonds is 5. The molecule has 0 atom stereocenters. The first-order valence-corrected chi connectivity index (χ1v) is 5.86. The molecule has 1 aromatic heterocycles. The van der Waals surface area contributed by atoms with Crippen molar-refractivity contribution in [1.82, 2.24) is 15.6 Å². The Morgan fingerprint density at radius 3 is 2.74 bits per heavy atom. The van der Waals surface area contributed by atoms with Gasteiger partial charge in [0.05, 0.1) is 12.1 Å². The van der Waals surface area contributed by atoms with Crippen LogP contribution in [0, 0.1) is 11.7 Å². The van der Waals surface area contributed by atoms with Gasteiger partial charge in [0, 0.05) is 12.7 Å². The quantitative estimate of drug-likeness (QED) is 0.715. The molecular weight excluding hydrogens is 251 g/mol. The number of nitrogen functional groups attached to an aromatic ring is 1. The van der Waals surface area contributed by atoms with Gasteiger partial charge in [0.15, 0.2) is 11.6 Å². The monoisotopic (exact) mass is 268 g/mol. The van der Waals surface area contributed by atoms with E-state index in [1.165, 1.54) is 12.3 Å². The van der Waals surface area contributed by atoms with Crippen molar-refractivity contribution < 1.29 is 14.0 Å². The highest BCUT2D eigenvalue weighted by Crippen LogP contribution is 2.11. The van der Waals surface area contributed by atoms with Crippen molar-refractivity contribution in [3.63, 3.8) is 0 Å². The fourth-order valence-corrected chi connectivity index (χ4v) is 1.27. The van der Waals surface area contributed by atoms with Crippen LogP contribution in [0.15, 0.2) is 12.3 Å². The minimum Gasteiger partial charge on any atom is -0.381 e. The highest BCUT2D eigenvalue weighted by molar-refractivity contribution is 5.97. The Kier molecular flexibility index (Phi) is 5.23. The number of anilines is 1. The second kappa shape index (κ2) is 6.67. The predicted octanol–water partition coefficient (Wildman–Crippen LogP) is 0.305. The number of aromatic nitrogens is 1. The van der Waals surface area contributed by atoms with Crippen LogP contribution in [0.2, 0.25) is 0 Å². The summed E-state index contributed by atoms with van der Waals surface area (Å²) in [7, 11) is 0. The average Bonchev–Trinajstić information content (AvgIpc) is 2.36. The van der Waals surface area contributed by atoms with Crippen molar-refractivity contribution in [2.45, 2.75) is 13.8 Å². The molecule has 0 radical (unpaired) electrons. The van der Waals surface area contributed by atoms with E-state index in [4.69, 9.17) is 5.73 Å². The maximum Gasteiger partial charge on any atom is 0.254 e. The van der Waals surface area contributed by atoms with Crippen LogP contribution in [0.3, 0.4) is 0 Å². The summed E-state index contributed by atoms with van der Waals surface area (Å²) < 4.78 is 13.5. The number of nitrogens with one attached hydrogen (secondary N) is 2. The van der Waals surface area contributed by atoms with Crippen molar-refractivity contribution >= 4 is 17.6 Å². The molecule has 2 amide bonds. The number of carbonyl (C=O) groups is 2. The number of nitrogens with zero attached hydrogens (tertiary/aromatic N) is 1. The predicted molar refractivity (Wildman–Crippen MR) is 68.8 cm³/mol. The van der Waals surface area contributed by atoms with Crippen molar-refractivity contribution in [2.24, 2.45) is 5.92 Å². The van der Waals surface area contributed by atoms with Crippen molar-refractivity contribution in [3.05, 3.63) is 23.6 Å². The summed E-state index contributed by atoms with van der Waals surface area (Å²) in [5, 5.41) is 4.95. The summed E-state index contributed by atoms with van der Waals surface area (Å²) in [6, 6.07) is 1.20. The lowest BCUT2D eigenvalue weighted by Gasteiger charge is -2.09. The van der Waals surface area contributed by atoms with Crippen LogP contribution in [0.25, 0.3) is 0 Å². The van der Waals surface area contributed by atoms with Gasteiger partial charge in [-0.3, -0.25) is 9.59 Å². The number of hydrogen-bond donors (Lipinski definition) is 3. The summed E-state index contributed by atoms with van der Waals surface area (Å²) >= 11 is 0. The molecule has 0 spiro atoms. The summed E-state index contributed by atoms with van der Waals surface area (Å²) in [5.74, 6) is -1.95. The third kappa shape index (κ3) is 4.53. The first-order valence-electron chi connectivity index (χ1n) is 5.86. The van der Waals surface area contributed by atoms with E-state index in [0.717, 1.165) is 0 Å². The molecule has 7 heteroatoms. The highest BCUT2D eigenvalue weighted by atomic mass is 19.1. The zero-order chi connectivity index (χ0) is 14.4. The van der Waals surface area contributed by atoms with E-state index >= 15 is 0 Å². The van der Waals surface area contributed by atoms with Gasteiger partial charge in [0.2, 0.25) is 5.91 Å². The van der Waals surface area contributed by atoms with Gasteiger partial charge in [0.25, 0.3) is 5.91 Å². The third-order valence-electron chi connectivity index (χ3n) is 2.28. The van der Waals surface area contributed by atoms with Crippen molar-refractivity contribution in [1.29, 1.82) is 0 Å². The number of carbonyl (C=O) groups excluding carboxylic acids is 2. The molecule has 0 aliphatic heterocycles. The van der Waals surface area contributed by atoms with E-state index in [2.05, 4.69) is 15.6 Å². The lowest BCUT2D eigenvalue weighted by Crippen LogP contribution is -2.38. The fourth-order valence-electron chi connectivity index (χ4n) is 1.27. The first kappa shape index (κ1) is 14.9. The maximum atomic E-state index is 13.5. The van der Waals surface area contributed by atoms with Gasteiger partial charge in [-0.15, -0.1) is 0 Å². The molecule has 0 saturated carbocycles. The largest absolute Gasteiger partial charge is 0.381 e. The van der Waals surface area contributed by atoms with E-state index in [1.54, 1.807) is 0 Å². The molecule has 4 N–H and O–H groups in total. The standard InChI is InChI=1S/C12H17FN4O2/c1-7(2)5-16-9(18)6-17-12(19)8-3-4-15-11(14)10(8)13/h3-4,7H,5-6H2,1-2H3,(H2,14,15)(H,16,18)(H,17,19). The molecule has 1 heterocycles. The van der Waals surface area contributed by atoms with Gasteiger partial charge in [-0.1, -0.05) is 13.8 Å². The van der Waals surface area contributed by atoms with E-state index < -0.39 is 11.7 Å². The topological polar surface area (TPSA) is 97.1 Å². The van der Waals surface area contributed by atoms with Gasteiger partial charge < -0.3 is 16.4 Å². The van der Waals surface area contributed by atoms with Crippen LogP contribution >= 0.6 is 0 Å². The molecule has 0 aromatic carbocycles. The van der Waals surface area contributed by atoms with Crippen LogP contribution in [0.4, 0.5) is 10.2 Å². The van der Waals surface area contributed by atoms with Crippen LogP contribution in [-0.4, -0.2) is 29.9 Å². The summed E-state index contributed by atoms with van der Waals surface area (Å²) in [6.07, 6.45) is 1.23. The second-order valence-corrected chi connectivity index (χ2v) is 4.44. The molecule has 0 unspecified atom stereocenters. The lowest BCUT2D eigenvalue weighted by atomic mass is 10.2. The minimum atomic E-state index is -0.886. The molecule has 6 nitrogen and oxygen atoms in total. The third-order valence-corrected chi connectivity index (χ3v) is 2.28. The van der Waals surface area contributed by atoms with E-state index in [-0.39, 0.29) is 23.8 Å². The van der Waals surface area contributed by atoms with Crippen molar-refractivity contribution in [2.75, 3.05) is 18.8 Å². The molecule has 0 saturated heterocycles. The van der Waals surface area contributed by atoms with Crippen LogP contribution in [0.5, 0.6) is 0 Å². The smallest absolute Gasteiger partial charge is 0.254 e. The molecule has 0 aliphatic rings. The van der Waals surface area contributed by atoms with Gasteiger partial charge >= 0.3 is 0 Å². The number of hydrogen-bond acceptors (Lipinski definition) is 4. The van der Waals surface area contributed by atoms with Crippen LogP contribution in [-0.2, 0) is 4.79 Å². The molecule has 0 bridgehead atoms. The average molecular weight is 268 g/mol. The zero-order valence-electron chi connectivity index (χ0n) is 10.9. The Morgan fingerprint density at radius 2 is 2.11 bits per heavy atom. The van der Waals surface area contributed by atoms with Crippen LogP contribution in [0.1, 0.15) is 24.2 Å². The Morgan fingerprint density at radius 1 is 1.42 bits per heavy atom. The Labute approximate surface area is 110 Å².